The minimum Gasteiger partial charge on any atom is -0.466 e. The second-order valence-corrected chi connectivity index (χ2v) is 10.1. The van der Waals surface area contributed by atoms with Crippen LogP contribution in [-0.4, -0.2) is 67.1 Å². The molecule has 0 aromatic heterocycles. The predicted octanol–water partition coefficient (Wildman–Crippen LogP) is 3.75. The van der Waals surface area contributed by atoms with Gasteiger partial charge >= 0.3 is 12.1 Å². The Bertz CT molecular complexity index is 579. The number of rotatable bonds is 6. The molecule has 0 aromatic carbocycles. The van der Waals surface area contributed by atoms with Gasteiger partial charge in [-0.05, 0) is 66.2 Å². The topological polar surface area (TPSA) is 77.1 Å². The summed E-state index contributed by atoms with van der Waals surface area (Å²) in [6.45, 7) is 16.0. The van der Waals surface area contributed by atoms with Gasteiger partial charge in [0.05, 0.1) is 18.1 Å². The monoisotopic (exact) mass is 426 g/mol. The molecule has 0 aliphatic carbocycles. The van der Waals surface area contributed by atoms with Gasteiger partial charge in [0, 0.05) is 31.8 Å². The van der Waals surface area contributed by atoms with Crippen molar-refractivity contribution >= 4 is 12.1 Å². The third-order valence-corrected chi connectivity index (χ3v) is 6.36. The van der Waals surface area contributed by atoms with Crippen LogP contribution in [0, 0.1) is 11.3 Å². The van der Waals surface area contributed by atoms with Gasteiger partial charge in [-0.1, -0.05) is 13.8 Å². The summed E-state index contributed by atoms with van der Waals surface area (Å²) in [6.07, 6.45) is 2.95. The Morgan fingerprint density at radius 2 is 1.83 bits per heavy atom. The fourth-order valence-corrected chi connectivity index (χ4v) is 4.46. The lowest BCUT2D eigenvalue weighted by Gasteiger charge is -2.45. The highest BCUT2D eigenvalue weighted by molar-refractivity contribution is 5.78. The Balaban J connectivity index is 2.07. The number of piperidine rings is 1. The summed E-state index contributed by atoms with van der Waals surface area (Å²) in [7, 11) is 0. The zero-order valence-electron chi connectivity index (χ0n) is 20.0. The molecule has 2 heterocycles. The fraction of sp³-hybridized carbons (Fsp3) is 0.913. The van der Waals surface area contributed by atoms with Gasteiger partial charge in [-0.15, -0.1) is 0 Å². The molecule has 1 amide bonds. The third kappa shape index (κ3) is 6.33. The standard InChI is InChI=1S/C23H42N2O5/c1-8-28-20(26)23(10-12-25(13-11-23)21(27)30-22(5,6)7)17(4)24-18-9-14-29-19(15-18)16(2)3/h16-19,24H,8-15H2,1-7H3/t17-,18+,19+/m0/s1. The Morgan fingerprint density at radius 3 is 2.37 bits per heavy atom. The Kier molecular flexibility index (Phi) is 8.57. The van der Waals surface area contributed by atoms with Crippen molar-refractivity contribution in [3.05, 3.63) is 0 Å². The van der Waals surface area contributed by atoms with Crippen LogP contribution in [0.5, 0.6) is 0 Å². The molecule has 2 rings (SSSR count). The molecular formula is C23H42N2O5. The van der Waals surface area contributed by atoms with Gasteiger partial charge in [0.2, 0.25) is 0 Å². The molecule has 30 heavy (non-hydrogen) atoms. The minimum atomic E-state index is -0.639. The first kappa shape index (κ1) is 24.9. The van der Waals surface area contributed by atoms with Gasteiger partial charge in [-0.3, -0.25) is 4.79 Å². The van der Waals surface area contributed by atoms with E-state index in [1.165, 1.54) is 0 Å². The van der Waals surface area contributed by atoms with Gasteiger partial charge in [-0.2, -0.15) is 0 Å². The first-order chi connectivity index (χ1) is 14.0. The van der Waals surface area contributed by atoms with Crippen molar-refractivity contribution in [2.75, 3.05) is 26.3 Å². The van der Waals surface area contributed by atoms with E-state index in [9.17, 15) is 9.59 Å². The van der Waals surface area contributed by atoms with E-state index in [0.717, 1.165) is 19.4 Å². The maximum atomic E-state index is 13.1. The van der Waals surface area contributed by atoms with Crippen LogP contribution in [0.25, 0.3) is 0 Å². The largest absolute Gasteiger partial charge is 0.466 e. The molecule has 0 unspecified atom stereocenters. The molecule has 174 valence electrons. The average molecular weight is 427 g/mol. The zero-order chi connectivity index (χ0) is 22.5. The van der Waals surface area contributed by atoms with Crippen molar-refractivity contribution in [3.8, 4) is 0 Å². The molecule has 2 fully saturated rings. The van der Waals surface area contributed by atoms with Crippen molar-refractivity contribution in [3.63, 3.8) is 0 Å². The third-order valence-electron chi connectivity index (χ3n) is 6.36. The molecule has 2 saturated heterocycles. The molecule has 0 spiro atoms. The second kappa shape index (κ2) is 10.3. The molecule has 0 aromatic rings. The SMILES string of the molecule is CCOC(=O)C1([C@H](C)N[C@@H]2CCO[C@@H](C(C)C)C2)CCN(C(=O)OC(C)(C)C)CC1. The normalized spacial score (nSPS) is 25.7. The number of likely N-dealkylation sites (tertiary alicyclic amines) is 1. The summed E-state index contributed by atoms with van der Waals surface area (Å²) < 4.78 is 16.9. The van der Waals surface area contributed by atoms with Gasteiger partial charge in [0.1, 0.15) is 5.60 Å². The summed E-state index contributed by atoms with van der Waals surface area (Å²) in [5.74, 6) is 0.308. The molecular weight excluding hydrogens is 384 g/mol. The predicted molar refractivity (Wildman–Crippen MR) is 116 cm³/mol. The smallest absolute Gasteiger partial charge is 0.410 e. The summed E-state index contributed by atoms with van der Waals surface area (Å²) in [5.41, 5.74) is -1.17. The van der Waals surface area contributed by atoms with Crippen LogP contribution in [-0.2, 0) is 19.0 Å². The molecule has 3 atom stereocenters. The summed E-state index contributed by atoms with van der Waals surface area (Å²) in [5, 5.41) is 3.72. The van der Waals surface area contributed by atoms with Gasteiger partial charge in [-0.25, -0.2) is 4.79 Å². The number of nitrogens with zero attached hydrogens (tertiary/aromatic N) is 1. The first-order valence-corrected chi connectivity index (χ1v) is 11.5. The average Bonchev–Trinajstić information content (AvgIpc) is 2.67. The van der Waals surface area contributed by atoms with Crippen LogP contribution >= 0.6 is 0 Å². The lowest BCUT2D eigenvalue weighted by Crippen LogP contribution is -2.58. The number of carbonyl (C=O) groups excluding carboxylic acids is 2. The van der Waals surface area contributed by atoms with Crippen LogP contribution in [0.2, 0.25) is 0 Å². The van der Waals surface area contributed by atoms with Gasteiger partial charge in [0.15, 0.2) is 0 Å². The number of nitrogens with one attached hydrogen (secondary N) is 1. The molecule has 2 aliphatic rings. The molecule has 2 aliphatic heterocycles. The highest BCUT2D eigenvalue weighted by Gasteiger charge is 2.48. The van der Waals surface area contributed by atoms with Crippen molar-refractivity contribution in [1.82, 2.24) is 10.2 Å². The van der Waals surface area contributed by atoms with Crippen LogP contribution < -0.4 is 5.32 Å². The molecule has 0 radical (unpaired) electrons. The van der Waals surface area contributed by atoms with Crippen LogP contribution in [0.4, 0.5) is 4.79 Å². The lowest BCUT2D eigenvalue weighted by molar-refractivity contribution is -0.161. The molecule has 7 heteroatoms. The van der Waals surface area contributed by atoms with Gasteiger partial charge < -0.3 is 24.4 Å². The van der Waals surface area contributed by atoms with Crippen molar-refractivity contribution in [2.45, 2.75) is 97.9 Å². The van der Waals surface area contributed by atoms with Crippen molar-refractivity contribution in [2.24, 2.45) is 11.3 Å². The highest BCUT2D eigenvalue weighted by Crippen LogP contribution is 2.38. The van der Waals surface area contributed by atoms with Gasteiger partial charge in [0.25, 0.3) is 0 Å². The number of ether oxygens (including phenoxy) is 3. The summed E-state index contributed by atoms with van der Waals surface area (Å²) in [4.78, 5) is 27.2. The van der Waals surface area contributed by atoms with E-state index in [2.05, 4.69) is 26.1 Å². The quantitative estimate of drug-likeness (QED) is 0.652. The number of carbonyl (C=O) groups is 2. The molecule has 1 N–H and O–H groups in total. The molecule has 0 saturated carbocycles. The van der Waals surface area contributed by atoms with E-state index in [1.807, 2.05) is 27.7 Å². The number of amides is 1. The number of esters is 1. The van der Waals surface area contributed by atoms with E-state index >= 15 is 0 Å². The Labute approximate surface area is 182 Å². The number of hydrogen-bond donors (Lipinski definition) is 1. The number of hydrogen-bond acceptors (Lipinski definition) is 6. The van der Waals surface area contributed by atoms with E-state index < -0.39 is 11.0 Å². The van der Waals surface area contributed by atoms with E-state index in [0.29, 0.717) is 44.5 Å². The lowest BCUT2D eigenvalue weighted by atomic mass is 9.72. The van der Waals surface area contributed by atoms with Crippen LogP contribution in [0.3, 0.4) is 0 Å². The van der Waals surface area contributed by atoms with Crippen LogP contribution in [0.15, 0.2) is 0 Å². The summed E-state index contributed by atoms with van der Waals surface area (Å²) >= 11 is 0. The van der Waals surface area contributed by atoms with E-state index in [-0.39, 0.29) is 24.2 Å². The molecule has 0 bridgehead atoms. The van der Waals surface area contributed by atoms with E-state index in [1.54, 1.807) is 4.90 Å². The summed E-state index contributed by atoms with van der Waals surface area (Å²) in [6, 6.07) is 0.268. The zero-order valence-corrected chi connectivity index (χ0v) is 20.0. The first-order valence-electron chi connectivity index (χ1n) is 11.5. The van der Waals surface area contributed by atoms with Crippen molar-refractivity contribution < 1.29 is 23.8 Å². The maximum absolute atomic E-state index is 13.1. The fourth-order valence-electron chi connectivity index (χ4n) is 4.46. The Morgan fingerprint density at radius 1 is 1.20 bits per heavy atom. The second-order valence-electron chi connectivity index (χ2n) is 10.1. The highest BCUT2D eigenvalue weighted by atomic mass is 16.6. The van der Waals surface area contributed by atoms with Crippen LogP contribution in [0.1, 0.15) is 74.1 Å². The van der Waals surface area contributed by atoms with E-state index in [4.69, 9.17) is 14.2 Å². The molecule has 7 nitrogen and oxygen atoms in total. The minimum absolute atomic E-state index is 0.0479. The maximum Gasteiger partial charge on any atom is 0.410 e. The Hall–Kier alpha value is -1.34. The van der Waals surface area contributed by atoms with Crippen molar-refractivity contribution in [1.29, 1.82) is 0 Å².